The van der Waals surface area contributed by atoms with E-state index in [-0.39, 0.29) is 0 Å². The Morgan fingerprint density at radius 2 is 2.17 bits per heavy atom. The number of alkyl halides is 1. The van der Waals surface area contributed by atoms with Crippen LogP contribution in [-0.2, 0) is 0 Å². The molecule has 1 aliphatic rings. The normalized spacial score (nSPS) is 15.1. The van der Waals surface area contributed by atoms with Crippen LogP contribution in [0.3, 0.4) is 0 Å². The molecule has 0 radical (unpaired) electrons. The highest BCUT2D eigenvalue weighted by Gasteiger charge is 2.16. The number of nitrogens with one attached hydrogen (secondary N) is 2. The molecule has 6 nitrogen and oxygen atoms in total. The topological polar surface area (TPSA) is 69.7 Å². The first-order chi connectivity index (χ1) is 14.3. The number of halogens is 1. The first kappa shape index (κ1) is 18.5. The smallest absolute Gasteiger partial charge is 0.143 e. The average Bonchev–Trinajstić information content (AvgIpc) is 3.40. The Morgan fingerprint density at radius 3 is 3.03 bits per heavy atom. The SMILES string of the molecule is ClCCCN1CC=C(c2cc3c(Nc4ccc5ncsc5c4)ncnc3[nH]2)CC1. The van der Waals surface area contributed by atoms with Gasteiger partial charge in [-0.15, -0.1) is 22.9 Å². The van der Waals surface area contributed by atoms with Crippen molar-refractivity contribution in [2.75, 3.05) is 30.8 Å². The Hall–Kier alpha value is -2.48. The predicted molar refractivity (Wildman–Crippen MR) is 121 cm³/mol. The molecule has 0 aliphatic carbocycles. The summed E-state index contributed by atoms with van der Waals surface area (Å²) in [6, 6.07) is 8.32. The molecule has 0 spiro atoms. The van der Waals surface area contributed by atoms with Crippen molar-refractivity contribution in [1.82, 2.24) is 24.8 Å². The number of nitrogens with zero attached hydrogens (tertiary/aromatic N) is 4. The minimum absolute atomic E-state index is 0.722. The van der Waals surface area contributed by atoms with E-state index in [4.69, 9.17) is 11.6 Å². The molecule has 0 fully saturated rings. The maximum absolute atomic E-state index is 5.82. The lowest BCUT2D eigenvalue weighted by Gasteiger charge is -2.25. The Labute approximate surface area is 177 Å². The molecule has 4 aromatic rings. The molecule has 8 heteroatoms. The van der Waals surface area contributed by atoms with Gasteiger partial charge in [-0.25, -0.2) is 15.0 Å². The quantitative estimate of drug-likeness (QED) is 0.425. The number of rotatable bonds is 6. The zero-order valence-corrected chi connectivity index (χ0v) is 17.4. The molecule has 3 aromatic heterocycles. The molecule has 148 valence electrons. The van der Waals surface area contributed by atoms with Crippen molar-refractivity contribution < 1.29 is 0 Å². The van der Waals surface area contributed by atoms with E-state index in [0.717, 1.165) is 76.8 Å². The van der Waals surface area contributed by atoms with Crippen molar-refractivity contribution in [2.45, 2.75) is 12.8 Å². The monoisotopic (exact) mass is 424 g/mol. The van der Waals surface area contributed by atoms with Crippen LogP contribution in [0, 0.1) is 0 Å². The summed E-state index contributed by atoms with van der Waals surface area (Å²) in [5, 5.41) is 4.44. The first-order valence-electron chi connectivity index (χ1n) is 9.72. The standard InChI is InChI=1S/C21H21ClN6S/c22-6-1-7-28-8-4-14(5-9-28)18-11-16-20(23-12-24-21(16)27-18)26-15-2-3-17-19(10-15)29-13-25-17/h2-4,10-13H,1,5-9H2,(H2,23,24,26,27). The Balaban J connectivity index is 1.40. The minimum atomic E-state index is 0.722. The molecule has 1 aliphatic heterocycles. The van der Waals surface area contributed by atoms with Crippen molar-refractivity contribution >= 4 is 61.3 Å². The maximum atomic E-state index is 5.82. The molecular formula is C21H21ClN6S. The number of benzene rings is 1. The van der Waals surface area contributed by atoms with Crippen LogP contribution in [-0.4, -0.2) is 50.4 Å². The fourth-order valence-electron chi connectivity index (χ4n) is 3.72. The van der Waals surface area contributed by atoms with Gasteiger partial charge in [0.2, 0.25) is 0 Å². The van der Waals surface area contributed by atoms with Crippen LogP contribution in [0.4, 0.5) is 11.5 Å². The van der Waals surface area contributed by atoms with Crippen LogP contribution in [0.5, 0.6) is 0 Å². The van der Waals surface area contributed by atoms with Gasteiger partial charge >= 0.3 is 0 Å². The van der Waals surface area contributed by atoms with Crippen LogP contribution in [0.15, 0.2) is 42.2 Å². The van der Waals surface area contributed by atoms with Gasteiger partial charge in [0, 0.05) is 30.4 Å². The molecule has 2 N–H and O–H groups in total. The second kappa shape index (κ2) is 8.10. The van der Waals surface area contributed by atoms with Gasteiger partial charge in [0.05, 0.1) is 21.1 Å². The summed E-state index contributed by atoms with van der Waals surface area (Å²) in [4.78, 5) is 19.2. The Bertz CT molecular complexity index is 1180. The predicted octanol–water partition coefficient (Wildman–Crippen LogP) is 5.03. The first-order valence-corrected chi connectivity index (χ1v) is 11.1. The lowest BCUT2D eigenvalue weighted by molar-refractivity contribution is 0.303. The number of anilines is 2. The van der Waals surface area contributed by atoms with E-state index in [9.17, 15) is 0 Å². The average molecular weight is 425 g/mol. The fourth-order valence-corrected chi connectivity index (χ4v) is 4.56. The van der Waals surface area contributed by atoms with E-state index < -0.39 is 0 Å². The van der Waals surface area contributed by atoms with Crippen LogP contribution >= 0.6 is 22.9 Å². The van der Waals surface area contributed by atoms with E-state index >= 15 is 0 Å². The van der Waals surface area contributed by atoms with Gasteiger partial charge < -0.3 is 10.3 Å². The van der Waals surface area contributed by atoms with Gasteiger partial charge in [0.1, 0.15) is 17.8 Å². The number of H-pyrrole nitrogens is 1. The number of fused-ring (bicyclic) bond motifs is 2. The Morgan fingerprint density at radius 1 is 1.21 bits per heavy atom. The van der Waals surface area contributed by atoms with Gasteiger partial charge in [0.25, 0.3) is 0 Å². The largest absolute Gasteiger partial charge is 0.340 e. The van der Waals surface area contributed by atoms with Gasteiger partial charge in [-0.2, -0.15) is 0 Å². The lowest BCUT2D eigenvalue weighted by atomic mass is 10.0. The molecule has 0 amide bonds. The summed E-state index contributed by atoms with van der Waals surface area (Å²) >= 11 is 7.45. The van der Waals surface area contributed by atoms with Crippen LogP contribution in [0.1, 0.15) is 18.5 Å². The lowest BCUT2D eigenvalue weighted by Crippen LogP contribution is -2.29. The highest BCUT2D eigenvalue weighted by Crippen LogP contribution is 2.30. The van der Waals surface area contributed by atoms with Crippen molar-refractivity contribution in [3.63, 3.8) is 0 Å². The van der Waals surface area contributed by atoms with Gasteiger partial charge in [-0.05, 0) is 49.2 Å². The van der Waals surface area contributed by atoms with Crippen LogP contribution in [0.2, 0.25) is 0 Å². The highest BCUT2D eigenvalue weighted by molar-refractivity contribution is 7.16. The summed E-state index contributed by atoms with van der Waals surface area (Å²) in [7, 11) is 0. The third-order valence-electron chi connectivity index (χ3n) is 5.27. The summed E-state index contributed by atoms with van der Waals surface area (Å²) in [5.74, 6) is 1.53. The van der Waals surface area contributed by atoms with Crippen LogP contribution < -0.4 is 5.32 Å². The molecule has 29 heavy (non-hydrogen) atoms. The van der Waals surface area contributed by atoms with E-state index in [1.165, 1.54) is 5.57 Å². The molecule has 4 heterocycles. The van der Waals surface area contributed by atoms with E-state index in [2.05, 4.69) is 48.4 Å². The second-order valence-corrected chi connectivity index (χ2v) is 8.41. The molecule has 0 saturated carbocycles. The van der Waals surface area contributed by atoms with Gasteiger partial charge in [0.15, 0.2) is 0 Å². The van der Waals surface area contributed by atoms with Crippen molar-refractivity contribution in [3.8, 4) is 0 Å². The fraction of sp³-hybridized carbons (Fsp3) is 0.286. The molecule has 0 unspecified atom stereocenters. The number of aromatic nitrogens is 4. The zero-order valence-electron chi connectivity index (χ0n) is 15.9. The molecular weight excluding hydrogens is 404 g/mol. The molecule has 0 atom stereocenters. The number of hydrogen-bond acceptors (Lipinski definition) is 6. The van der Waals surface area contributed by atoms with E-state index in [1.54, 1.807) is 17.7 Å². The number of aromatic amines is 1. The van der Waals surface area contributed by atoms with Crippen molar-refractivity contribution in [3.05, 3.63) is 47.9 Å². The summed E-state index contributed by atoms with van der Waals surface area (Å²) in [5.41, 5.74) is 7.19. The number of thiazole rings is 1. The molecule has 1 aromatic carbocycles. The third-order valence-corrected chi connectivity index (χ3v) is 6.33. The summed E-state index contributed by atoms with van der Waals surface area (Å²) in [6.07, 6.45) is 5.96. The second-order valence-electron chi connectivity index (χ2n) is 7.15. The third kappa shape index (κ3) is 3.85. The van der Waals surface area contributed by atoms with Crippen LogP contribution in [0.25, 0.3) is 26.8 Å². The van der Waals surface area contributed by atoms with E-state index in [0.29, 0.717) is 0 Å². The minimum Gasteiger partial charge on any atom is -0.340 e. The molecule has 0 saturated heterocycles. The maximum Gasteiger partial charge on any atom is 0.143 e. The number of hydrogen-bond donors (Lipinski definition) is 2. The van der Waals surface area contributed by atoms with Gasteiger partial charge in [-0.3, -0.25) is 4.90 Å². The van der Waals surface area contributed by atoms with Gasteiger partial charge in [-0.1, -0.05) is 6.08 Å². The van der Waals surface area contributed by atoms with Crippen molar-refractivity contribution in [2.24, 2.45) is 0 Å². The summed E-state index contributed by atoms with van der Waals surface area (Å²) in [6.45, 7) is 3.08. The molecule has 5 rings (SSSR count). The van der Waals surface area contributed by atoms with Crippen molar-refractivity contribution in [1.29, 1.82) is 0 Å². The summed E-state index contributed by atoms with van der Waals surface area (Å²) < 4.78 is 1.15. The molecule has 0 bridgehead atoms. The van der Waals surface area contributed by atoms with E-state index in [1.807, 2.05) is 17.6 Å². The Kier molecular flexibility index (Phi) is 5.18. The highest BCUT2D eigenvalue weighted by atomic mass is 35.5. The zero-order chi connectivity index (χ0) is 19.6.